The number of aromatic nitrogens is 1. The molecule has 23 heavy (non-hydrogen) atoms. The lowest BCUT2D eigenvalue weighted by Crippen LogP contribution is -2.11. The maximum Gasteiger partial charge on any atom is 0.130 e. The minimum Gasteiger partial charge on any atom is -0.487 e. The van der Waals surface area contributed by atoms with Gasteiger partial charge in [0, 0.05) is 17.6 Å². The number of ether oxygens (including phenoxy) is 1. The first-order chi connectivity index (χ1) is 10.9. The number of anilines is 1. The van der Waals surface area contributed by atoms with Crippen molar-refractivity contribution in [2.45, 2.75) is 19.4 Å². The van der Waals surface area contributed by atoms with Gasteiger partial charge in [0.2, 0.25) is 0 Å². The number of halogens is 1. The van der Waals surface area contributed by atoms with Crippen LogP contribution in [0, 0.1) is 0 Å². The highest BCUT2D eigenvalue weighted by Crippen LogP contribution is 2.26. The number of nitrogens with zero attached hydrogens (tertiary/aromatic N) is 1. The fourth-order valence-electron chi connectivity index (χ4n) is 2.89. The van der Waals surface area contributed by atoms with Crippen LogP contribution in [0.3, 0.4) is 0 Å². The average Bonchev–Trinajstić information content (AvgIpc) is 2.59. The molecule has 1 aliphatic heterocycles. The van der Waals surface area contributed by atoms with Crippen LogP contribution in [0.1, 0.15) is 17.7 Å². The zero-order valence-electron chi connectivity index (χ0n) is 12.8. The van der Waals surface area contributed by atoms with Crippen LogP contribution in [0.4, 0.5) is 5.69 Å². The van der Waals surface area contributed by atoms with E-state index in [1.807, 2.05) is 30.3 Å². The van der Waals surface area contributed by atoms with E-state index in [1.165, 1.54) is 17.7 Å². The molecule has 0 amide bonds. The summed E-state index contributed by atoms with van der Waals surface area (Å²) >= 11 is 0. The Morgan fingerprint density at radius 2 is 1.96 bits per heavy atom. The van der Waals surface area contributed by atoms with Crippen LogP contribution in [0.2, 0.25) is 0 Å². The van der Waals surface area contributed by atoms with Gasteiger partial charge in [-0.15, -0.1) is 12.4 Å². The van der Waals surface area contributed by atoms with Crippen molar-refractivity contribution < 1.29 is 4.74 Å². The molecule has 2 aromatic carbocycles. The standard InChI is InChI=1S/C19H18N2O.ClH/c1-2-6-19-14(4-1)7-8-16(21-19)13-22-17-9-10-18-15(12-17)5-3-11-20-18;/h1-2,4,6-10,12,20H,3,5,11,13H2;1H. The van der Waals surface area contributed by atoms with Gasteiger partial charge in [-0.2, -0.15) is 0 Å². The minimum absolute atomic E-state index is 0. The van der Waals surface area contributed by atoms with Gasteiger partial charge in [-0.25, -0.2) is 4.98 Å². The van der Waals surface area contributed by atoms with Gasteiger partial charge in [-0.3, -0.25) is 0 Å². The third kappa shape index (κ3) is 3.40. The molecule has 4 heteroatoms. The summed E-state index contributed by atoms with van der Waals surface area (Å²) in [4.78, 5) is 4.64. The number of nitrogens with one attached hydrogen (secondary N) is 1. The van der Waals surface area contributed by atoms with Crippen LogP contribution in [-0.2, 0) is 13.0 Å². The number of hydrogen-bond donors (Lipinski definition) is 1. The van der Waals surface area contributed by atoms with E-state index in [2.05, 4.69) is 34.6 Å². The predicted octanol–water partition coefficient (Wildman–Crippen LogP) is 4.59. The zero-order valence-corrected chi connectivity index (χ0v) is 13.6. The van der Waals surface area contributed by atoms with Crippen LogP contribution >= 0.6 is 12.4 Å². The maximum absolute atomic E-state index is 5.92. The molecule has 1 aliphatic rings. The third-order valence-electron chi connectivity index (χ3n) is 4.06. The SMILES string of the molecule is Cl.c1ccc2nc(COc3ccc4c(c3)CCCN4)ccc2c1. The summed E-state index contributed by atoms with van der Waals surface area (Å²) in [6.07, 6.45) is 2.30. The smallest absolute Gasteiger partial charge is 0.130 e. The molecule has 0 bridgehead atoms. The van der Waals surface area contributed by atoms with Gasteiger partial charge in [-0.1, -0.05) is 24.3 Å². The number of aryl methyl sites for hydroxylation is 1. The summed E-state index contributed by atoms with van der Waals surface area (Å²) in [5, 5.41) is 4.57. The summed E-state index contributed by atoms with van der Waals surface area (Å²) in [5.74, 6) is 0.914. The van der Waals surface area contributed by atoms with Crippen LogP contribution in [0.25, 0.3) is 10.9 Å². The monoisotopic (exact) mass is 326 g/mol. The Kier molecular flexibility index (Phi) is 4.68. The predicted molar refractivity (Wildman–Crippen MR) is 96.6 cm³/mol. The molecule has 1 N–H and O–H groups in total. The molecule has 0 fully saturated rings. The molecule has 0 spiro atoms. The van der Waals surface area contributed by atoms with E-state index in [4.69, 9.17) is 4.74 Å². The molecule has 0 radical (unpaired) electrons. The molecule has 0 unspecified atom stereocenters. The number of rotatable bonds is 3. The van der Waals surface area contributed by atoms with E-state index in [9.17, 15) is 0 Å². The van der Waals surface area contributed by atoms with Gasteiger partial charge in [-0.05, 0) is 48.7 Å². The van der Waals surface area contributed by atoms with Crippen molar-refractivity contribution in [2.75, 3.05) is 11.9 Å². The normalized spacial score (nSPS) is 12.9. The topological polar surface area (TPSA) is 34.1 Å². The largest absolute Gasteiger partial charge is 0.487 e. The average molecular weight is 327 g/mol. The molecule has 0 atom stereocenters. The Morgan fingerprint density at radius 3 is 2.91 bits per heavy atom. The summed E-state index contributed by atoms with van der Waals surface area (Å²) in [7, 11) is 0. The molecule has 3 nitrogen and oxygen atoms in total. The second-order valence-corrected chi connectivity index (χ2v) is 5.63. The van der Waals surface area contributed by atoms with Gasteiger partial charge < -0.3 is 10.1 Å². The molecule has 118 valence electrons. The van der Waals surface area contributed by atoms with Crippen molar-refractivity contribution in [1.82, 2.24) is 4.98 Å². The molecular weight excluding hydrogens is 308 g/mol. The number of pyridine rings is 1. The van der Waals surface area contributed by atoms with E-state index >= 15 is 0 Å². The summed E-state index contributed by atoms with van der Waals surface area (Å²) < 4.78 is 5.92. The first-order valence-electron chi connectivity index (χ1n) is 7.73. The van der Waals surface area contributed by atoms with E-state index < -0.39 is 0 Å². The Morgan fingerprint density at radius 1 is 1.04 bits per heavy atom. The fourth-order valence-corrected chi connectivity index (χ4v) is 2.89. The maximum atomic E-state index is 5.92. The minimum atomic E-state index is 0. The number of hydrogen-bond acceptors (Lipinski definition) is 3. The Balaban J connectivity index is 0.00000156. The summed E-state index contributed by atoms with van der Waals surface area (Å²) in [6.45, 7) is 1.56. The highest BCUT2D eigenvalue weighted by Gasteiger charge is 2.09. The van der Waals surface area contributed by atoms with Crippen molar-refractivity contribution in [3.63, 3.8) is 0 Å². The van der Waals surface area contributed by atoms with Crippen LogP contribution in [-0.4, -0.2) is 11.5 Å². The highest BCUT2D eigenvalue weighted by molar-refractivity contribution is 5.85. The van der Waals surface area contributed by atoms with Crippen molar-refractivity contribution in [2.24, 2.45) is 0 Å². The fraction of sp³-hybridized carbons (Fsp3) is 0.211. The van der Waals surface area contributed by atoms with Gasteiger partial charge in [0.25, 0.3) is 0 Å². The van der Waals surface area contributed by atoms with Crippen molar-refractivity contribution >= 4 is 29.0 Å². The summed E-state index contributed by atoms with van der Waals surface area (Å²) in [5.41, 5.74) is 4.55. The van der Waals surface area contributed by atoms with Gasteiger partial charge in [0.1, 0.15) is 12.4 Å². The lowest BCUT2D eigenvalue weighted by atomic mass is 10.0. The van der Waals surface area contributed by atoms with E-state index in [-0.39, 0.29) is 12.4 Å². The number of fused-ring (bicyclic) bond motifs is 2. The Hall–Kier alpha value is -2.26. The zero-order chi connectivity index (χ0) is 14.8. The molecule has 1 aromatic heterocycles. The third-order valence-corrected chi connectivity index (χ3v) is 4.06. The molecule has 4 rings (SSSR count). The Bertz CT molecular complexity index is 819. The molecule has 0 saturated heterocycles. The number of para-hydroxylation sites is 1. The van der Waals surface area contributed by atoms with E-state index in [0.29, 0.717) is 6.61 Å². The van der Waals surface area contributed by atoms with Crippen molar-refractivity contribution in [3.8, 4) is 5.75 Å². The summed E-state index contributed by atoms with van der Waals surface area (Å²) in [6, 6.07) is 18.5. The van der Waals surface area contributed by atoms with Crippen molar-refractivity contribution in [3.05, 3.63) is 65.9 Å². The van der Waals surface area contributed by atoms with Gasteiger partial charge in [0.15, 0.2) is 0 Å². The van der Waals surface area contributed by atoms with E-state index in [0.717, 1.165) is 35.3 Å². The first kappa shape index (κ1) is 15.6. The van der Waals surface area contributed by atoms with Gasteiger partial charge >= 0.3 is 0 Å². The van der Waals surface area contributed by atoms with Crippen molar-refractivity contribution in [1.29, 1.82) is 0 Å². The lowest BCUT2D eigenvalue weighted by molar-refractivity contribution is 0.301. The number of benzene rings is 2. The lowest BCUT2D eigenvalue weighted by Gasteiger charge is -2.18. The Labute approximate surface area is 142 Å². The molecule has 2 heterocycles. The second kappa shape index (κ2) is 6.88. The molecule has 3 aromatic rings. The second-order valence-electron chi connectivity index (χ2n) is 5.63. The van der Waals surface area contributed by atoms with Crippen LogP contribution in [0.5, 0.6) is 5.75 Å². The molecule has 0 aliphatic carbocycles. The quantitative estimate of drug-likeness (QED) is 0.764. The molecule has 0 saturated carbocycles. The van der Waals surface area contributed by atoms with Crippen LogP contribution in [0.15, 0.2) is 54.6 Å². The molecular formula is C19H19ClN2O. The highest BCUT2D eigenvalue weighted by atomic mass is 35.5. The van der Waals surface area contributed by atoms with Gasteiger partial charge in [0.05, 0.1) is 11.2 Å². The first-order valence-corrected chi connectivity index (χ1v) is 7.73. The van der Waals surface area contributed by atoms with Crippen LogP contribution < -0.4 is 10.1 Å². The van der Waals surface area contributed by atoms with E-state index in [1.54, 1.807) is 0 Å².